The van der Waals surface area contributed by atoms with Gasteiger partial charge in [-0.2, -0.15) is 0 Å². The van der Waals surface area contributed by atoms with Crippen LogP contribution in [0.4, 0.5) is 17.1 Å². The Hall–Kier alpha value is -5.54. The largest absolute Gasteiger partial charge is 0.374 e. The number of hydrogen-bond donors (Lipinski definition) is 0. The van der Waals surface area contributed by atoms with Gasteiger partial charge in [0.05, 0.1) is 55.1 Å². The summed E-state index contributed by atoms with van der Waals surface area (Å²) in [5.41, 5.74) is 3.66. The molecule has 0 amide bonds. The van der Waals surface area contributed by atoms with E-state index in [4.69, 9.17) is 28.4 Å². The Labute approximate surface area is 337 Å². The summed E-state index contributed by atoms with van der Waals surface area (Å²) < 4.78 is 40.4. The topological polar surface area (TPSA) is 145 Å². The molecule has 2 saturated heterocycles. The molecule has 0 radical (unpaired) electrons. The third-order valence-corrected chi connectivity index (χ3v) is 10.3. The second-order valence-electron chi connectivity index (χ2n) is 14.3. The first-order valence-electron chi connectivity index (χ1n) is 19.5. The van der Waals surface area contributed by atoms with E-state index < -0.39 is 40.6 Å². The Morgan fingerprint density at radius 2 is 1.07 bits per heavy atom. The molecule has 0 aliphatic carbocycles. The average molecular weight is 790 g/mol. The molecule has 0 spiro atoms. The number of nitro benzene ring substituents is 2. The van der Waals surface area contributed by atoms with Gasteiger partial charge in [0.15, 0.2) is 6.29 Å². The molecular formula is C45H47N3O10. The molecule has 5 aromatic carbocycles. The number of anilines is 1. The second kappa shape index (κ2) is 20.2. The minimum Gasteiger partial charge on any atom is -0.374 e. The van der Waals surface area contributed by atoms with E-state index in [1.807, 2.05) is 126 Å². The van der Waals surface area contributed by atoms with Gasteiger partial charge >= 0.3 is 0 Å². The maximum atomic E-state index is 11.9. The van der Waals surface area contributed by atoms with Crippen molar-refractivity contribution in [3.05, 3.63) is 182 Å². The highest BCUT2D eigenvalue weighted by Crippen LogP contribution is 2.36. The fourth-order valence-corrected chi connectivity index (χ4v) is 7.32. The van der Waals surface area contributed by atoms with E-state index in [2.05, 4.69) is 0 Å². The number of nitro groups is 2. The van der Waals surface area contributed by atoms with E-state index in [0.717, 1.165) is 28.3 Å². The van der Waals surface area contributed by atoms with Crippen LogP contribution in [0, 0.1) is 20.2 Å². The molecule has 5 atom stereocenters. The predicted octanol–water partition coefficient (Wildman–Crippen LogP) is 8.19. The monoisotopic (exact) mass is 789 g/mol. The smallest absolute Gasteiger partial charge is 0.299 e. The summed E-state index contributed by atoms with van der Waals surface area (Å²) in [5, 5.41) is 23.3. The maximum absolute atomic E-state index is 11.9. The van der Waals surface area contributed by atoms with Crippen LogP contribution in [-0.2, 0) is 54.8 Å². The van der Waals surface area contributed by atoms with Crippen LogP contribution >= 0.6 is 0 Å². The number of benzene rings is 5. The van der Waals surface area contributed by atoms with Crippen LogP contribution in [0.15, 0.2) is 140 Å². The van der Waals surface area contributed by atoms with Crippen LogP contribution in [0.3, 0.4) is 0 Å². The van der Waals surface area contributed by atoms with E-state index in [0.29, 0.717) is 51.4 Å². The predicted molar refractivity (Wildman–Crippen MR) is 216 cm³/mol. The van der Waals surface area contributed by atoms with Gasteiger partial charge in [0.1, 0.15) is 30.1 Å². The average Bonchev–Trinajstić information content (AvgIpc) is 3.26. The summed E-state index contributed by atoms with van der Waals surface area (Å²) in [7, 11) is 0. The highest BCUT2D eigenvalue weighted by molar-refractivity contribution is 5.67. The van der Waals surface area contributed by atoms with Crippen molar-refractivity contribution < 1.29 is 38.3 Å². The molecule has 13 nitrogen and oxygen atoms in total. The molecule has 0 saturated carbocycles. The van der Waals surface area contributed by atoms with Crippen LogP contribution in [0.2, 0.25) is 0 Å². The summed E-state index contributed by atoms with van der Waals surface area (Å²) in [6.07, 6.45) is -2.79. The zero-order valence-electron chi connectivity index (χ0n) is 32.0. The molecule has 13 heteroatoms. The summed E-state index contributed by atoms with van der Waals surface area (Å²) in [6.45, 7) is 2.26. The van der Waals surface area contributed by atoms with Gasteiger partial charge in [-0.05, 0) is 41.2 Å². The first-order valence-corrected chi connectivity index (χ1v) is 19.5. The maximum Gasteiger partial charge on any atom is 0.299 e. The first-order chi connectivity index (χ1) is 28.4. The highest BCUT2D eigenvalue weighted by Gasteiger charge is 2.50. The van der Waals surface area contributed by atoms with Crippen molar-refractivity contribution in [3.63, 3.8) is 0 Å². The Morgan fingerprint density at radius 3 is 1.57 bits per heavy atom. The minimum atomic E-state index is -0.892. The Balaban J connectivity index is 1.16. The molecule has 5 aromatic rings. The van der Waals surface area contributed by atoms with Crippen LogP contribution < -0.4 is 4.90 Å². The molecule has 2 fully saturated rings. The van der Waals surface area contributed by atoms with Crippen molar-refractivity contribution in [2.24, 2.45) is 0 Å². The lowest BCUT2D eigenvalue weighted by Crippen LogP contribution is -2.62. The van der Waals surface area contributed by atoms with Gasteiger partial charge in [-0.1, -0.05) is 121 Å². The number of rotatable bonds is 18. The van der Waals surface area contributed by atoms with Crippen molar-refractivity contribution in [2.75, 3.05) is 24.6 Å². The van der Waals surface area contributed by atoms with Gasteiger partial charge in [-0.25, -0.2) is 0 Å². The molecule has 0 bridgehead atoms. The SMILES string of the molecule is O=[N+]([O-])c1ccc(N2CCC(O[C@H]3O[C@H](COCc4ccccc4)[C@@H](OCc4ccccc4)[C@H](OCc4ccccc4)[C@H]3OCc3ccccc3)CC2)c([N+](=O)[O-])c1. The van der Waals surface area contributed by atoms with E-state index in [1.54, 1.807) is 0 Å². The normalized spacial score (nSPS) is 21.1. The molecule has 58 heavy (non-hydrogen) atoms. The fraction of sp³-hybridized carbons (Fsp3) is 0.333. The molecule has 7 rings (SSSR count). The van der Waals surface area contributed by atoms with Gasteiger partial charge < -0.3 is 33.3 Å². The van der Waals surface area contributed by atoms with E-state index in [1.165, 1.54) is 12.1 Å². The number of nitrogens with zero attached hydrogens (tertiary/aromatic N) is 3. The second-order valence-corrected chi connectivity index (χ2v) is 14.3. The highest BCUT2D eigenvalue weighted by atomic mass is 16.7. The van der Waals surface area contributed by atoms with Crippen molar-refractivity contribution in [1.29, 1.82) is 0 Å². The lowest BCUT2D eigenvalue weighted by atomic mass is 9.97. The van der Waals surface area contributed by atoms with Gasteiger partial charge in [-0.15, -0.1) is 0 Å². The zero-order valence-corrected chi connectivity index (χ0v) is 32.0. The van der Waals surface area contributed by atoms with Crippen molar-refractivity contribution in [2.45, 2.75) is 76.1 Å². The van der Waals surface area contributed by atoms with Crippen LogP contribution in [0.25, 0.3) is 0 Å². The van der Waals surface area contributed by atoms with E-state index in [9.17, 15) is 20.2 Å². The van der Waals surface area contributed by atoms with Crippen LogP contribution in [-0.4, -0.2) is 66.4 Å². The Kier molecular flexibility index (Phi) is 14.2. The number of ether oxygens (including phenoxy) is 6. The lowest BCUT2D eigenvalue weighted by molar-refractivity contribution is -0.393. The summed E-state index contributed by atoms with van der Waals surface area (Å²) >= 11 is 0. The number of non-ortho nitro benzene ring substituents is 1. The molecule has 0 N–H and O–H groups in total. The Morgan fingerprint density at radius 1 is 0.586 bits per heavy atom. The quantitative estimate of drug-likeness (QED) is 0.0626. The summed E-state index contributed by atoms with van der Waals surface area (Å²) in [4.78, 5) is 24.0. The van der Waals surface area contributed by atoms with Crippen molar-refractivity contribution in [1.82, 2.24) is 0 Å². The Bertz CT molecular complexity index is 2040. The standard InChI is InChI=1S/C45H47N3O10/c49-47(50)37-21-22-39(40(27-37)48(51)52)46-25-23-38(24-26-46)57-45-44(56-31-36-19-11-4-12-20-36)43(55-30-35-17-9-3-10-18-35)42(54-29-34-15-7-2-8-16-34)41(58-45)32-53-28-33-13-5-1-6-14-33/h1-22,27,38,41-45H,23-26,28-32H2/t41-,42-,43+,44-,45+/m1/s1. The van der Waals surface area contributed by atoms with Gasteiger partial charge in [0.2, 0.25) is 0 Å². The zero-order chi connectivity index (χ0) is 40.1. The van der Waals surface area contributed by atoms with Gasteiger partial charge in [0.25, 0.3) is 11.4 Å². The first kappa shape index (κ1) is 40.6. The lowest BCUT2D eigenvalue weighted by Gasteiger charge is -2.47. The molecule has 2 heterocycles. The third-order valence-electron chi connectivity index (χ3n) is 10.3. The van der Waals surface area contributed by atoms with Gasteiger partial charge in [0, 0.05) is 19.2 Å². The van der Waals surface area contributed by atoms with Gasteiger partial charge in [-0.3, -0.25) is 20.2 Å². The van der Waals surface area contributed by atoms with E-state index in [-0.39, 0.29) is 30.7 Å². The van der Waals surface area contributed by atoms with E-state index >= 15 is 0 Å². The minimum absolute atomic E-state index is 0.188. The molecule has 0 unspecified atom stereocenters. The number of piperidine rings is 1. The summed E-state index contributed by atoms with van der Waals surface area (Å²) in [5.74, 6) is 0. The van der Waals surface area contributed by atoms with Crippen molar-refractivity contribution >= 4 is 17.1 Å². The molecule has 2 aliphatic heterocycles. The summed E-state index contributed by atoms with van der Waals surface area (Å²) in [6, 6.07) is 43.4. The van der Waals surface area contributed by atoms with Crippen molar-refractivity contribution in [3.8, 4) is 0 Å². The molecule has 302 valence electrons. The fourth-order valence-electron chi connectivity index (χ4n) is 7.32. The van der Waals surface area contributed by atoms with Crippen LogP contribution in [0.5, 0.6) is 0 Å². The molecular weight excluding hydrogens is 743 g/mol. The van der Waals surface area contributed by atoms with Crippen LogP contribution in [0.1, 0.15) is 35.1 Å². The third kappa shape index (κ3) is 10.9. The number of hydrogen-bond acceptors (Lipinski definition) is 11. The molecule has 0 aromatic heterocycles. The molecule has 2 aliphatic rings.